The topological polar surface area (TPSA) is 64.4 Å². The molecule has 0 radical (unpaired) electrons. The molecule has 0 aliphatic carbocycles. The molecule has 0 fully saturated rings. The number of carboxylic acid groups (broad SMARTS) is 1. The molecule has 0 aliphatic heterocycles. The van der Waals surface area contributed by atoms with Crippen molar-refractivity contribution in [1.29, 1.82) is 0 Å². The quantitative estimate of drug-likeness (QED) is 0.876. The Kier molecular flexibility index (Phi) is 3.62. The second-order valence-electron chi connectivity index (χ2n) is 3.76. The van der Waals surface area contributed by atoms with Gasteiger partial charge < -0.3 is 14.4 Å². The van der Waals surface area contributed by atoms with Gasteiger partial charge in [0.25, 0.3) is 0 Å². The first-order valence-electron chi connectivity index (χ1n) is 5.66. The molecule has 18 heavy (non-hydrogen) atoms. The molecule has 0 amide bonds. The summed E-state index contributed by atoms with van der Waals surface area (Å²) in [7, 11) is 0. The van der Waals surface area contributed by atoms with Crippen molar-refractivity contribution in [1.82, 2.24) is 9.55 Å². The predicted molar refractivity (Wildman–Crippen MR) is 66.5 cm³/mol. The maximum atomic E-state index is 10.7. The number of imidazole rings is 1. The van der Waals surface area contributed by atoms with Crippen molar-refractivity contribution >= 4 is 5.97 Å². The lowest BCUT2D eigenvalue weighted by Gasteiger charge is -2.08. The molecule has 5 heteroatoms. The van der Waals surface area contributed by atoms with Gasteiger partial charge in [0.2, 0.25) is 0 Å². The van der Waals surface area contributed by atoms with Crippen LogP contribution in [0.5, 0.6) is 5.75 Å². The lowest BCUT2D eigenvalue weighted by Crippen LogP contribution is -2.08. The van der Waals surface area contributed by atoms with Gasteiger partial charge in [0, 0.05) is 5.56 Å². The van der Waals surface area contributed by atoms with E-state index in [2.05, 4.69) is 4.98 Å². The van der Waals surface area contributed by atoms with Crippen molar-refractivity contribution < 1.29 is 14.6 Å². The monoisotopic (exact) mass is 246 g/mol. The smallest absolute Gasteiger partial charge is 0.323 e. The van der Waals surface area contributed by atoms with E-state index in [4.69, 9.17) is 9.84 Å². The second-order valence-corrected chi connectivity index (χ2v) is 3.76. The van der Waals surface area contributed by atoms with Crippen LogP contribution >= 0.6 is 0 Å². The van der Waals surface area contributed by atoms with Gasteiger partial charge in [-0.1, -0.05) is 12.1 Å². The molecule has 0 aliphatic rings. The number of hydrogen-bond donors (Lipinski definition) is 1. The first-order chi connectivity index (χ1) is 8.70. The van der Waals surface area contributed by atoms with E-state index >= 15 is 0 Å². The number of aliphatic carboxylic acids is 1. The summed E-state index contributed by atoms with van der Waals surface area (Å²) in [5.41, 5.74) is 1.65. The molecule has 0 spiro atoms. The zero-order chi connectivity index (χ0) is 13.0. The van der Waals surface area contributed by atoms with E-state index in [1.54, 1.807) is 10.8 Å². The van der Waals surface area contributed by atoms with Crippen LogP contribution in [0, 0.1) is 0 Å². The standard InChI is InChI=1S/C13H14N2O3/c1-2-18-11-5-3-4-10(6-11)12-7-14-9-15(12)8-13(16)17/h3-7,9H,2,8H2,1H3,(H,16,17). The average Bonchev–Trinajstić information content (AvgIpc) is 2.77. The SMILES string of the molecule is CCOc1cccc(-c2cncn2CC(=O)O)c1. The third-order valence-electron chi connectivity index (χ3n) is 2.46. The fraction of sp³-hybridized carbons (Fsp3) is 0.231. The molecule has 0 unspecified atom stereocenters. The van der Waals surface area contributed by atoms with Gasteiger partial charge in [-0.3, -0.25) is 4.79 Å². The number of carbonyl (C=O) groups is 1. The van der Waals surface area contributed by atoms with Gasteiger partial charge in [0.15, 0.2) is 0 Å². The molecular weight excluding hydrogens is 232 g/mol. The third kappa shape index (κ3) is 2.68. The van der Waals surface area contributed by atoms with E-state index in [0.29, 0.717) is 6.61 Å². The molecule has 1 aromatic heterocycles. The zero-order valence-corrected chi connectivity index (χ0v) is 10.0. The summed E-state index contributed by atoms with van der Waals surface area (Å²) < 4.78 is 7.01. The maximum Gasteiger partial charge on any atom is 0.323 e. The van der Waals surface area contributed by atoms with Gasteiger partial charge in [-0.25, -0.2) is 4.98 Å². The summed E-state index contributed by atoms with van der Waals surface area (Å²) in [6.45, 7) is 2.41. The van der Waals surface area contributed by atoms with E-state index in [1.807, 2.05) is 31.2 Å². The average molecular weight is 246 g/mol. The molecular formula is C13H14N2O3. The molecule has 94 valence electrons. The van der Waals surface area contributed by atoms with Crippen molar-refractivity contribution in [2.75, 3.05) is 6.61 Å². The van der Waals surface area contributed by atoms with E-state index in [0.717, 1.165) is 17.0 Å². The fourth-order valence-corrected chi connectivity index (χ4v) is 1.74. The van der Waals surface area contributed by atoms with Gasteiger partial charge in [-0.2, -0.15) is 0 Å². The number of aromatic nitrogens is 2. The van der Waals surface area contributed by atoms with E-state index in [1.165, 1.54) is 6.33 Å². The summed E-state index contributed by atoms with van der Waals surface area (Å²) in [6, 6.07) is 7.51. The minimum absolute atomic E-state index is 0.103. The number of ether oxygens (including phenoxy) is 1. The third-order valence-corrected chi connectivity index (χ3v) is 2.46. The van der Waals surface area contributed by atoms with Crippen LogP contribution in [0.25, 0.3) is 11.3 Å². The Labute approximate surface area is 105 Å². The van der Waals surface area contributed by atoms with Crippen molar-refractivity contribution in [2.24, 2.45) is 0 Å². The van der Waals surface area contributed by atoms with Crippen LogP contribution in [0.4, 0.5) is 0 Å². The molecule has 1 heterocycles. The Hall–Kier alpha value is -2.30. The summed E-state index contributed by atoms with van der Waals surface area (Å²) in [4.78, 5) is 14.7. The highest BCUT2D eigenvalue weighted by molar-refractivity contribution is 5.69. The Morgan fingerprint density at radius 1 is 1.50 bits per heavy atom. The van der Waals surface area contributed by atoms with Crippen LogP contribution in [0.2, 0.25) is 0 Å². The molecule has 2 rings (SSSR count). The highest BCUT2D eigenvalue weighted by Gasteiger charge is 2.08. The van der Waals surface area contributed by atoms with Gasteiger partial charge in [-0.05, 0) is 19.1 Å². The molecule has 0 saturated carbocycles. The van der Waals surface area contributed by atoms with Gasteiger partial charge >= 0.3 is 5.97 Å². The van der Waals surface area contributed by atoms with E-state index in [-0.39, 0.29) is 6.54 Å². The van der Waals surface area contributed by atoms with Crippen LogP contribution in [-0.2, 0) is 11.3 Å². The second kappa shape index (κ2) is 5.35. The van der Waals surface area contributed by atoms with Crippen LogP contribution in [0.1, 0.15) is 6.92 Å². The van der Waals surface area contributed by atoms with Crippen molar-refractivity contribution in [3.8, 4) is 17.0 Å². The largest absolute Gasteiger partial charge is 0.494 e. The van der Waals surface area contributed by atoms with Gasteiger partial charge in [0.05, 0.1) is 24.8 Å². The number of carboxylic acids is 1. The zero-order valence-electron chi connectivity index (χ0n) is 10.0. The Bertz CT molecular complexity index is 549. The minimum atomic E-state index is -0.893. The molecule has 5 nitrogen and oxygen atoms in total. The minimum Gasteiger partial charge on any atom is -0.494 e. The normalized spacial score (nSPS) is 10.3. The summed E-state index contributed by atoms with van der Waals surface area (Å²) in [6.07, 6.45) is 3.16. The lowest BCUT2D eigenvalue weighted by molar-refractivity contribution is -0.137. The fourth-order valence-electron chi connectivity index (χ4n) is 1.74. The van der Waals surface area contributed by atoms with Gasteiger partial charge in [0.1, 0.15) is 12.3 Å². The molecule has 0 saturated heterocycles. The molecule has 2 aromatic rings. The molecule has 0 bridgehead atoms. The number of benzene rings is 1. The van der Waals surface area contributed by atoms with Gasteiger partial charge in [-0.15, -0.1) is 0 Å². The highest BCUT2D eigenvalue weighted by atomic mass is 16.5. The predicted octanol–water partition coefficient (Wildman–Crippen LogP) is 2.03. The summed E-state index contributed by atoms with van der Waals surface area (Å²) in [5.74, 6) is -0.131. The Balaban J connectivity index is 2.33. The summed E-state index contributed by atoms with van der Waals surface area (Å²) >= 11 is 0. The van der Waals surface area contributed by atoms with Crippen LogP contribution in [-0.4, -0.2) is 27.2 Å². The highest BCUT2D eigenvalue weighted by Crippen LogP contribution is 2.23. The van der Waals surface area contributed by atoms with Crippen molar-refractivity contribution in [3.63, 3.8) is 0 Å². The maximum absolute atomic E-state index is 10.7. The molecule has 0 atom stereocenters. The lowest BCUT2D eigenvalue weighted by atomic mass is 10.1. The first kappa shape index (κ1) is 12.2. The van der Waals surface area contributed by atoms with Crippen molar-refractivity contribution in [3.05, 3.63) is 36.8 Å². The number of hydrogen-bond acceptors (Lipinski definition) is 3. The van der Waals surface area contributed by atoms with Crippen LogP contribution in [0.15, 0.2) is 36.8 Å². The molecule has 1 aromatic carbocycles. The van der Waals surface area contributed by atoms with E-state index < -0.39 is 5.97 Å². The summed E-state index contributed by atoms with van der Waals surface area (Å²) in [5, 5.41) is 8.82. The van der Waals surface area contributed by atoms with Crippen LogP contribution in [0.3, 0.4) is 0 Å². The Morgan fingerprint density at radius 3 is 3.06 bits per heavy atom. The number of nitrogens with zero attached hydrogens (tertiary/aromatic N) is 2. The first-order valence-corrected chi connectivity index (χ1v) is 5.66. The van der Waals surface area contributed by atoms with E-state index in [9.17, 15) is 4.79 Å². The Morgan fingerprint density at radius 2 is 2.33 bits per heavy atom. The number of rotatable bonds is 5. The molecule has 1 N–H and O–H groups in total. The van der Waals surface area contributed by atoms with Crippen molar-refractivity contribution in [2.45, 2.75) is 13.5 Å². The van der Waals surface area contributed by atoms with Crippen LogP contribution < -0.4 is 4.74 Å².